The van der Waals surface area contributed by atoms with Gasteiger partial charge >= 0.3 is 6.03 Å². The molecule has 1 N–H and O–H groups in total. The highest BCUT2D eigenvalue weighted by molar-refractivity contribution is 6.39. The summed E-state index contributed by atoms with van der Waals surface area (Å²) in [6, 6.07) is 11.7. The van der Waals surface area contributed by atoms with Gasteiger partial charge in [0.15, 0.2) is 0 Å². The van der Waals surface area contributed by atoms with E-state index in [1.54, 1.807) is 36.4 Å². The molecule has 3 rings (SSSR count). The molecule has 1 heterocycles. The molecule has 0 atom stereocenters. The third-order valence-corrected chi connectivity index (χ3v) is 4.58. The summed E-state index contributed by atoms with van der Waals surface area (Å²) >= 11 is 0. The lowest BCUT2D eigenvalue weighted by Gasteiger charge is -2.28. The SMILES string of the molecule is CCCOc1ccc(/C=C2\C(=O)NC(=O)N(c3cccc(C)c3C)C2=O)cc1. The molecule has 2 aromatic carbocycles. The molecule has 0 bridgehead atoms. The summed E-state index contributed by atoms with van der Waals surface area (Å²) in [5.41, 5.74) is 2.78. The summed E-state index contributed by atoms with van der Waals surface area (Å²) in [6.07, 6.45) is 2.38. The van der Waals surface area contributed by atoms with E-state index in [4.69, 9.17) is 4.74 Å². The Morgan fingerprint density at radius 1 is 1.04 bits per heavy atom. The van der Waals surface area contributed by atoms with Crippen LogP contribution in [0.1, 0.15) is 30.0 Å². The summed E-state index contributed by atoms with van der Waals surface area (Å²) in [4.78, 5) is 38.6. The predicted octanol–water partition coefficient (Wildman–Crippen LogP) is 3.76. The van der Waals surface area contributed by atoms with Crippen molar-refractivity contribution in [1.29, 1.82) is 0 Å². The van der Waals surface area contributed by atoms with Crippen molar-refractivity contribution in [2.75, 3.05) is 11.5 Å². The highest BCUT2D eigenvalue weighted by atomic mass is 16.5. The lowest BCUT2D eigenvalue weighted by molar-refractivity contribution is -0.122. The minimum absolute atomic E-state index is 0.0947. The van der Waals surface area contributed by atoms with Gasteiger partial charge in [-0.2, -0.15) is 0 Å². The van der Waals surface area contributed by atoms with Crippen molar-refractivity contribution in [3.05, 3.63) is 64.7 Å². The Morgan fingerprint density at radius 3 is 2.43 bits per heavy atom. The number of nitrogens with one attached hydrogen (secondary N) is 1. The second kappa shape index (κ2) is 8.08. The maximum absolute atomic E-state index is 13.0. The van der Waals surface area contributed by atoms with Gasteiger partial charge in [-0.1, -0.05) is 31.2 Å². The Hall–Kier alpha value is -3.41. The average molecular weight is 378 g/mol. The lowest BCUT2D eigenvalue weighted by atomic mass is 10.0. The van der Waals surface area contributed by atoms with Crippen molar-refractivity contribution < 1.29 is 19.1 Å². The van der Waals surface area contributed by atoms with Gasteiger partial charge in [0.2, 0.25) is 0 Å². The molecule has 0 aliphatic carbocycles. The van der Waals surface area contributed by atoms with E-state index in [0.29, 0.717) is 17.9 Å². The number of ether oxygens (including phenoxy) is 1. The molecular weight excluding hydrogens is 356 g/mol. The monoisotopic (exact) mass is 378 g/mol. The first-order valence-corrected chi connectivity index (χ1v) is 9.13. The van der Waals surface area contributed by atoms with Crippen LogP contribution >= 0.6 is 0 Å². The van der Waals surface area contributed by atoms with E-state index in [1.807, 2.05) is 26.8 Å². The number of hydrogen-bond acceptors (Lipinski definition) is 4. The van der Waals surface area contributed by atoms with Crippen molar-refractivity contribution in [3.8, 4) is 5.75 Å². The van der Waals surface area contributed by atoms with Crippen LogP contribution in [-0.4, -0.2) is 24.5 Å². The van der Waals surface area contributed by atoms with Crippen LogP contribution in [0.2, 0.25) is 0 Å². The first-order chi connectivity index (χ1) is 13.4. The Morgan fingerprint density at radius 2 is 1.75 bits per heavy atom. The minimum atomic E-state index is -0.746. The first kappa shape index (κ1) is 19.4. The number of urea groups is 1. The quantitative estimate of drug-likeness (QED) is 0.635. The Bertz CT molecular complexity index is 961. The van der Waals surface area contributed by atoms with Gasteiger partial charge in [0.25, 0.3) is 11.8 Å². The van der Waals surface area contributed by atoms with Crippen LogP contribution in [-0.2, 0) is 9.59 Å². The molecule has 0 radical (unpaired) electrons. The fraction of sp³-hybridized carbons (Fsp3) is 0.227. The molecule has 1 aliphatic heterocycles. The van der Waals surface area contributed by atoms with E-state index in [2.05, 4.69) is 5.32 Å². The normalized spacial score (nSPS) is 15.8. The minimum Gasteiger partial charge on any atom is -0.494 e. The fourth-order valence-electron chi connectivity index (χ4n) is 2.90. The number of carbonyl (C=O) groups is 3. The maximum atomic E-state index is 13.0. The van der Waals surface area contributed by atoms with Crippen molar-refractivity contribution in [3.63, 3.8) is 0 Å². The topological polar surface area (TPSA) is 75.7 Å². The number of amides is 4. The van der Waals surface area contributed by atoms with E-state index in [1.165, 1.54) is 6.08 Å². The Kier molecular flexibility index (Phi) is 5.59. The van der Waals surface area contributed by atoms with Crippen molar-refractivity contribution in [1.82, 2.24) is 5.32 Å². The molecule has 0 unspecified atom stereocenters. The number of hydrogen-bond donors (Lipinski definition) is 1. The second-order valence-electron chi connectivity index (χ2n) is 6.59. The fourth-order valence-corrected chi connectivity index (χ4v) is 2.90. The number of nitrogens with zero attached hydrogens (tertiary/aromatic N) is 1. The van der Waals surface area contributed by atoms with Gasteiger partial charge in [0.05, 0.1) is 12.3 Å². The largest absolute Gasteiger partial charge is 0.494 e. The lowest BCUT2D eigenvalue weighted by Crippen LogP contribution is -2.54. The molecule has 0 saturated carbocycles. The number of anilines is 1. The number of aryl methyl sites for hydroxylation is 1. The van der Waals surface area contributed by atoms with Gasteiger partial charge in [0, 0.05) is 0 Å². The Balaban J connectivity index is 1.93. The van der Waals surface area contributed by atoms with E-state index >= 15 is 0 Å². The van der Waals surface area contributed by atoms with Crippen LogP contribution in [0.25, 0.3) is 6.08 Å². The third-order valence-electron chi connectivity index (χ3n) is 4.58. The summed E-state index contributed by atoms with van der Waals surface area (Å²) in [5.74, 6) is -0.632. The Labute approximate surface area is 163 Å². The zero-order chi connectivity index (χ0) is 20.3. The van der Waals surface area contributed by atoms with Gasteiger partial charge in [-0.15, -0.1) is 0 Å². The summed E-state index contributed by atoms with van der Waals surface area (Å²) in [6.45, 7) is 6.37. The van der Waals surface area contributed by atoms with Crippen LogP contribution in [0.5, 0.6) is 5.75 Å². The van der Waals surface area contributed by atoms with Gasteiger partial charge in [0.1, 0.15) is 11.3 Å². The summed E-state index contributed by atoms with van der Waals surface area (Å²) < 4.78 is 5.54. The van der Waals surface area contributed by atoms with Crippen molar-refractivity contribution >= 4 is 29.6 Å². The van der Waals surface area contributed by atoms with Gasteiger partial charge in [-0.25, -0.2) is 9.69 Å². The molecule has 6 nitrogen and oxygen atoms in total. The molecule has 2 aromatic rings. The molecule has 0 aromatic heterocycles. The molecule has 144 valence electrons. The molecule has 1 fully saturated rings. The van der Waals surface area contributed by atoms with Gasteiger partial charge in [-0.3, -0.25) is 14.9 Å². The summed E-state index contributed by atoms with van der Waals surface area (Å²) in [7, 11) is 0. The van der Waals surface area contributed by atoms with Crippen molar-refractivity contribution in [2.45, 2.75) is 27.2 Å². The van der Waals surface area contributed by atoms with Crippen molar-refractivity contribution in [2.24, 2.45) is 0 Å². The molecular formula is C22H22N2O4. The highest BCUT2D eigenvalue weighted by Gasteiger charge is 2.37. The highest BCUT2D eigenvalue weighted by Crippen LogP contribution is 2.27. The number of carbonyl (C=O) groups excluding carboxylic acids is 3. The zero-order valence-electron chi connectivity index (χ0n) is 16.1. The van der Waals surface area contributed by atoms with Gasteiger partial charge in [-0.05, 0) is 61.2 Å². The maximum Gasteiger partial charge on any atom is 0.335 e. The van der Waals surface area contributed by atoms with Crippen LogP contribution in [0.4, 0.5) is 10.5 Å². The molecule has 6 heteroatoms. The number of rotatable bonds is 5. The van der Waals surface area contributed by atoms with Gasteiger partial charge < -0.3 is 4.74 Å². The molecule has 1 aliphatic rings. The first-order valence-electron chi connectivity index (χ1n) is 9.13. The van der Waals surface area contributed by atoms with Crippen LogP contribution in [0.3, 0.4) is 0 Å². The van der Waals surface area contributed by atoms with E-state index in [0.717, 1.165) is 28.2 Å². The van der Waals surface area contributed by atoms with Crippen LogP contribution in [0, 0.1) is 13.8 Å². The molecule has 1 saturated heterocycles. The van der Waals surface area contributed by atoms with E-state index in [9.17, 15) is 14.4 Å². The average Bonchev–Trinajstić information content (AvgIpc) is 2.67. The zero-order valence-corrected chi connectivity index (χ0v) is 16.1. The van der Waals surface area contributed by atoms with E-state index in [-0.39, 0.29) is 5.57 Å². The molecule has 4 amide bonds. The number of barbiturate groups is 1. The molecule has 28 heavy (non-hydrogen) atoms. The predicted molar refractivity (Wildman–Crippen MR) is 107 cm³/mol. The van der Waals surface area contributed by atoms with Crippen LogP contribution < -0.4 is 15.0 Å². The summed E-state index contributed by atoms with van der Waals surface area (Å²) in [5, 5.41) is 2.25. The number of benzene rings is 2. The smallest absolute Gasteiger partial charge is 0.335 e. The van der Waals surface area contributed by atoms with E-state index < -0.39 is 17.8 Å². The second-order valence-corrected chi connectivity index (χ2v) is 6.59. The number of imide groups is 2. The molecule has 0 spiro atoms. The van der Waals surface area contributed by atoms with Crippen LogP contribution in [0.15, 0.2) is 48.0 Å². The standard InChI is InChI=1S/C22H22N2O4/c1-4-12-28-17-10-8-16(9-11-17)13-18-20(25)23-22(27)24(21(18)26)19-7-5-6-14(2)15(19)3/h5-11,13H,4,12H2,1-3H3,(H,23,25,27)/b18-13+. The third kappa shape index (κ3) is 3.81.